The van der Waals surface area contributed by atoms with Crippen LogP contribution >= 0.6 is 15.9 Å². The van der Waals surface area contributed by atoms with Gasteiger partial charge in [0.1, 0.15) is 0 Å². The molecule has 0 bridgehead atoms. The summed E-state index contributed by atoms with van der Waals surface area (Å²) in [5, 5.41) is 0. The number of aromatic amines is 1. The van der Waals surface area contributed by atoms with Crippen molar-refractivity contribution in [2.45, 2.75) is 6.92 Å². The molecule has 1 aromatic heterocycles. The second-order valence-corrected chi connectivity index (χ2v) is 4.61. The number of aromatic nitrogens is 1. The molecule has 0 radical (unpaired) electrons. The molecule has 0 aliphatic rings. The summed E-state index contributed by atoms with van der Waals surface area (Å²) in [6.07, 6.45) is 0. The molecule has 0 saturated heterocycles. The Morgan fingerprint density at radius 3 is 2.35 bits per heavy atom. The van der Waals surface area contributed by atoms with E-state index in [2.05, 4.69) is 20.9 Å². The highest BCUT2D eigenvalue weighted by atomic mass is 79.9. The molecule has 86 valence electrons. The molecule has 3 nitrogen and oxygen atoms in total. The quantitative estimate of drug-likeness (QED) is 0.865. The molecule has 1 aromatic carbocycles. The van der Waals surface area contributed by atoms with Crippen LogP contribution in [-0.4, -0.2) is 10.8 Å². The summed E-state index contributed by atoms with van der Waals surface area (Å²) in [5.74, 6) is -0.0914. The average molecular weight is 292 g/mol. The van der Waals surface area contributed by atoms with Gasteiger partial charge in [0.15, 0.2) is 5.78 Å². The number of benzene rings is 1. The van der Waals surface area contributed by atoms with Gasteiger partial charge in [-0.15, -0.1) is 0 Å². The predicted octanol–water partition coefficient (Wildman–Crippen LogP) is 2.68. The molecule has 0 unspecified atom stereocenters. The minimum atomic E-state index is -0.199. The normalized spacial score (nSPS) is 10.2. The van der Waals surface area contributed by atoms with Gasteiger partial charge in [-0.1, -0.05) is 15.9 Å². The van der Waals surface area contributed by atoms with Crippen LogP contribution in [0.15, 0.2) is 45.7 Å². The maximum atomic E-state index is 12.2. The van der Waals surface area contributed by atoms with Gasteiger partial charge < -0.3 is 4.98 Å². The van der Waals surface area contributed by atoms with E-state index in [4.69, 9.17) is 0 Å². The molecule has 1 N–H and O–H groups in total. The molecule has 2 aromatic rings. The van der Waals surface area contributed by atoms with Crippen molar-refractivity contribution in [2.24, 2.45) is 0 Å². The molecule has 0 amide bonds. The van der Waals surface area contributed by atoms with Gasteiger partial charge >= 0.3 is 0 Å². The minimum absolute atomic E-state index is 0.0914. The Labute approximate surface area is 107 Å². The summed E-state index contributed by atoms with van der Waals surface area (Å²) in [6, 6.07) is 10.0. The lowest BCUT2D eigenvalue weighted by atomic mass is 10.0. The summed E-state index contributed by atoms with van der Waals surface area (Å²) in [7, 11) is 0. The Balaban J connectivity index is 2.43. The van der Waals surface area contributed by atoms with Crippen LogP contribution in [-0.2, 0) is 0 Å². The molecular weight excluding hydrogens is 282 g/mol. The van der Waals surface area contributed by atoms with E-state index in [9.17, 15) is 9.59 Å². The average Bonchev–Trinajstić information content (AvgIpc) is 2.29. The smallest absolute Gasteiger partial charge is 0.248 e. The maximum absolute atomic E-state index is 12.2. The SMILES string of the molecule is Cc1[nH]c(=O)ccc1C(=O)c1ccc(Br)cc1. The molecule has 0 fully saturated rings. The number of ketones is 1. The summed E-state index contributed by atoms with van der Waals surface area (Å²) < 4.78 is 0.923. The predicted molar refractivity (Wildman–Crippen MR) is 69.4 cm³/mol. The molecule has 0 atom stereocenters. The molecule has 0 aliphatic heterocycles. The van der Waals surface area contributed by atoms with Gasteiger partial charge in [-0.3, -0.25) is 9.59 Å². The van der Waals surface area contributed by atoms with Gasteiger partial charge in [-0.2, -0.15) is 0 Å². The van der Waals surface area contributed by atoms with E-state index in [1.54, 1.807) is 25.1 Å². The molecule has 0 spiro atoms. The molecule has 0 aliphatic carbocycles. The van der Waals surface area contributed by atoms with Crippen LogP contribution in [0.4, 0.5) is 0 Å². The van der Waals surface area contributed by atoms with Gasteiger partial charge in [0, 0.05) is 27.4 Å². The van der Waals surface area contributed by atoms with Crippen LogP contribution in [0.1, 0.15) is 21.6 Å². The number of carbonyl (C=O) groups excluding carboxylic acids is 1. The maximum Gasteiger partial charge on any atom is 0.248 e. The lowest BCUT2D eigenvalue weighted by molar-refractivity contribution is 0.103. The van der Waals surface area contributed by atoms with E-state index in [-0.39, 0.29) is 11.3 Å². The highest BCUT2D eigenvalue weighted by Crippen LogP contribution is 2.15. The summed E-state index contributed by atoms with van der Waals surface area (Å²) in [5.41, 5.74) is 1.51. The fraction of sp³-hybridized carbons (Fsp3) is 0.0769. The first-order valence-electron chi connectivity index (χ1n) is 5.08. The van der Waals surface area contributed by atoms with Crippen LogP contribution < -0.4 is 5.56 Å². The zero-order valence-electron chi connectivity index (χ0n) is 9.16. The molecule has 0 saturated carbocycles. The van der Waals surface area contributed by atoms with Crippen LogP contribution in [0.5, 0.6) is 0 Å². The third-order valence-electron chi connectivity index (χ3n) is 2.47. The Bertz CT molecular complexity index is 614. The van der Waals surface area contributed by atoms with Crippen molar-refractivity contribution in [2.75, 3.05) is 0 Å². The van der Waals surface area contributed by atoms with Crippen molar-refractivity contribution < 1.29 is 4.79 Å². The molecular formula is C13H10BrNO2. The Hall–Kier alpha value is -1.68. The van der Waals surface area contributed by atoms with Gasteiger partial charge in [-0.05, 0) is 37.3 Å². The second-order valence-electron chi connectivity index (χ2n) is 3.70. The Kier molecular flexibility index (Phi) is 3.24. The fourth-order valence-electron chi connectivity index (χ4n) is 1.58. The van der Waals surface area contributed by atoms with E-state index in [1.165, 1.54) is 6.07 Å². The van der Waals surface area contributed by atoms with Crippen molar-refractivity contribution in [3.63, 3.8) is 0 Å². The van der Waals surface area contributed by atoms with Crippen molar-refractivity contribution in [1.29, 1.82) is 0 Å². The number of H-pyrrole nitrogens is 1. The lowest BCUT2D eigenvalue weighted by Gasteiger charge is -2.04. The molecule has 2 rings (SSSR count). The number of halogens is 1. The number of pyridine rings is 1. The molecule has 17 heavy (non-hydrogen) atoms. The minimum Gasteiger partial charge on any atom is -0.326 e. The summed E-state index contributed by atoms with van der Waals surface area (Å²) in [6.45, 7) is 1.72. The zero-order chi connectivity index (χ0) is 12.4. The van der Waals surface area contributed by atoms with Crippen LogP contribution in [0.25, 0.3) is 0 Å². The number of hydrogen-bond donors (Lipinski definition) is 1. The largest absolute Gasteiger partial charge is 0.326 e. The number of nitrogens with one attached hydrogen (secondary N) is 1. The van der Waals surface area contributed by atoms with E-state index in [1.807, 2.05) is 12.1 Å². The van der Waals surface area contributed by atoms with Crippen molar-refractivity contribution in [3.8, 4) is 0 Å². The monoisotopic (exact) mass is 291 g/mol. The van der Waals surface area contributed by atoms with E-state index in [0.717, 1.165) is 4.47 Å². The van der Waals surface area contributed by atoms with E-state index in [0.29, 0.717) is 16.8 Å². The third-order valence-corrected chi connectivity index (χ3v) is 3.00. The van der Waals surface area contributed by atoms with Crippen LogP contribution in [0.3, 0.4) is 0 Å². The standard InChI is InChI=1S/C13H10BrNO2/c1-8-11(6-7-12(16)15-8)13(17)9-2-4-10(14)5-3-9/h2-7H,1H3,(H,15,16). The first-order chi connectivity index (χ1) is 8.08. The summed E-state index contributed by atoms with van der Waals surface area (Å²) in [4.78, 5) is 25.8. The third kappa shape index (κ3) is 2.53. The highest BCUT2D eigenvalue weighted by Gasteiger charge is 2.11. The van der Waals surface area contributed by atoms with Crippen LogP contribution in [0.2, 0.25) is 0 Å². The first-order valence-corrected chi connectivity index (χ1v) is 5.87. The topological polar surface area (TPSA) is 49.9 Å². The van der Waals surface area contributed by atoms with Gasteiger partial charge in [0.2, 0.25) is 5.56 Å². The second kappa shape index (κ2) is 4.67. The number of aryl methyl sites for hydroxylation is 1. The number of hydrogen-bond acceptors (Lipinski definition) is 2. The number of rotatable bonds is 2. The first kappa shape index (κ1) is 11.8. The fourth-order valence-corrected chi connectivity index (χ4v) is 1.84. The Morgan fingerprint density at radius 2 is 1.76 bits per heavy atom. The van der Waals surface area contributed by atoms with Crippen LogP contribution in [0, 0.1) is 6.92 Å². The van der Waals surface area contributed by atoms with Gasteiger partial charge in [-0.25, -0.2) is 0 Å². The molecule has 1 heterocycles. The molecule has 4 heteroatoms. The van der Waals surface area contributed by atoms with Crippen molar-refractivity contribution in [1.82, 2.24) is 4.98 Å². The van der Waals surface area contributed by atoms with Gasteiger partial charge in [0.25, 0.3) is 0 Å². The lowest BCUT2D eigenvalue weighted by Crippen LogP contribution is -2.11. The van der Waals surface area contributed by atoms with E-state index >= 15 is 0 Å². The van der Waals surface area contributed by atoms with Crippen molar-refractivity contribution in [3.05, 3.63) is 68.0 Å². The van der Waals surface area contributed by atoms with Gasteiger partial charge in [0.05, 0.1) is 0 Å². The Morgan fingerprint density at radius 1 is 1.12 bits per heavy atom. The zero-order valence-corrected chi connectivity index (χ0v) is 10.7. The highest BCUT2D eigenvalue weighted by molar-refractivity contribution is 9.10. The number of carbonyl (C=O) groups is 1. The summed E-state index contributed by atoms with van der Waals surface area (Å²) >= 11 is 3.32. The van der Waals surface area contributed by atoms with E-state index < -0.39 is 0 Å². The van der Waals surface area contributed by atoms with Crippen molar-refractivity contribution >= 4 is 21.7 Å².